The molecule has 148 valence electrons. The molecule has 0 aliphatic carbocycles. The van der Waals surface area contributed by atoms with E-state index < -0.39 is 11.7 Å². The van der Waals surface area contributed by atoms with Gasteiger partial charge in [-0.3, -0.25) is 9.59 Å². The van der Waals surface area contributed by atoms with Gasteiger partial charge in [0.25, 0.3) is 11.8 Å². The van der Waals surface area contributed by atoms with Gasteiger partial charge < -0.3 is 10.6 Å². The number of benzene rings is 2. The highest BCUT2D eigenvalue weighted by atomic mass is 19.1. The SMILES string of the molecule is CNC(=O)c1ccc(NC(=O)c2cc(-c3ccccc3)nc3cc(F)ccc23)nn1. The lowest BCUT2D eigenvalue weighted by Crippen LogP contribution is -2.20. The number of nitrogens with one attached hydrogen (secondary N) is 2. The van der Waals surface area contributed by atoms with E-state index in [-0.39, 0.29) is 17.4 Å². The summed E-state index contributed by atoms with van der Waals surface area (Å²) in [6.45, 7) is 0. The smallest absolute Gasteiger partial charge is 0.271 e. The van der Waals surface area contributed by atoms with Crippen LogP contribution in [0, 0.1) is 5.82 Å². The van der Waals surface area contributed by atoms with Crippen LogP contribution in [0.5, 0.6) is 0 Å². The van der Waals surface area contributed by atoms with Crippen LogP contribution in [0.1, 0.15) is 20.8 Å². The molecule has 0 unspecified atom stereocenters. The van der Waals surface area contributed by atoms with Gasteiger partial charge >= 0.3 is 0 Å². The first kappa shape index (κ1) is 19.1. The van der Waals surface area contributed by atoms with Crippen molar-refractivity contribution in [2.24, 2.45) is 0 Å². The van der Waals surface area contributed by atoms with Crippen molar-refractivity contribution in [3.63, 3.8) is 0 Å². The standard InChI is InChI=1S/C22H16FN5O2/c1-24-22(30)17-9-10-20(28-27-17)26-21(29)16-12-18(13-5-3-2-4-6-13)25-19-11-14(23)7-8-15(16)19/h2-12H,1H3,(H,24,30)(H,26,28,29). The maximum atomic E-state index is 13.8. The molecule has 0 saturated carbocycles. The summed E-state index contributed by atoms with van der Waals surface area (Å²) in [5.41, 5.74) is 2.15. The number of aromatic nitrogens is 3. The third kappa shape index (κ3) is 3.83. The van der Waals surface area contributed by atoms with E-state index in [1.807, 2.05) is 30.3 Å². The summed E-state index contributed by atoms with van der Waals surface area (Å²) in [7, 11) is 1.49. The minimum atomic E-state index is -0.451. The number of amides is 2. The van der Waals surface area contributed by atoms with Crippen LogP contribution >= 0.6 is 0 Å². The third-order valence-corrected chi connectivity index (χ3v) is 4.45. The highest BCUT2D eigenvalue weighted by Gasteiger charge is 2.16. The molecule has 0 bridgehead atoms. The van der Waals surface area contributed by atoms with Crippen molar-refractivity contribution in [1.29, 1.82) is 0 Å². The molecule has 0 radical (unpaired) electrons. The van der Waals surface area contributed by atoms with Crippen LogP contribution in [0.4, 0.5) is 10.2 Å². The molecule has 2 aromatic heterocycles. The lowest BCUT2D eigenvalue weighted by Gasteiger charge is -2.10. The summed E-state index contributed by atoms with van der Waals surface area (Å²) in [4.78, 5) is 29.1. The summed E-state index contributed by atoms with van der Waals surface area (Å²) < 4.78 is 13.8. The number of anilines is 1. The summed E-state index contributed by atoms with van der Waals surface area (Å²) >= 11 is 0. The van der Waals surface area contributed by atoms with E-state index in [1.54, 1.807) is 6.07 Å². The molecule has 0 saturated heterocycles. The van der Waals surface area contributed by atoms with Gasteiger partial charge in [-0.2, -0.15) is 0 Å². The third-order valence-electron chi connectivity index (χ3n) is 4.45. The first-order valence-electron chi connectivity index (χ1n) is 9.08. The lowest BCUT2D eigenvalue weighted by atomic mass is 10.0. The number of carbonyl (C=O) groups is 2. The van der Waals surface area contributed by atoms with Gasteiger partial charge in [-0.15, -0.1) is 10.2 Å². The fourth-order valence-electron chi connectivity index (χ4n) is 2.98. The number of hydrogen-bond donors (Lipinski definition) is 2. The van der Waals surface area contributed by atoms with Gasteiger partial charge in [0.1, 0.15) is 5.82 Å². The quantitative estimate of drug-likeness (QED) is 0.546. The van der Waals surface area contributed by atoms with Crippen molar-refractivity contribution in [2.45, 2.75) is 0 Å². The molecule has 0 atom stereocenters. The maximum Gasteiger partial charge on any atom is 0.271 e. The molecule has 8 heteroatoms. The Morgan fingerprint density at radius 3 is 2.40 bits per heavy atom. The average Bonchev–Trinajstić information content (AvgIpc) is 2.78. The fourth-order valence-corrected chi connectivity index (χ4v) is 2.98. The van der Waals surface area contributed by atoms with Crippen LogP contribution in [0.3, 0.4) is 0 Å². The average molecular weight is 401 g/mol. The van der Waals surface area contributed by atoms with E-state index in [0.29, 0.717) is 22.2 Å². The van der Waals surface area contributed by atoms with Crippen molar-refractivity contribution in [2.75, 3.05) is 12.4 Å². The van der Waals surface area contributed by atoms with Gasteiger partial charge in [-0.1, -0.05) is 30.3 Å². The van der Waals surface area contributed by atoms with E-state index >= 15 is 0 Å². The van der Waals surface area contributed by atoms with Gasteiger partial charge in [0, 0.05) is 24.1 Å². The van der Waals surface area contributed by atoms with Crippen molar-refractivity contribution < 1.29 is 14.0 Å². The van der Waals surface area contributed by atoms with Gasteiger partial charge in [-0.05, 0) is 30.3 Å². The molecule has 30 heavy (non-hydrogen) atoms. The zero-order chi connectivity index (χ0) is 21.1. The minimum absolute atomic E-state index is 0.131. The van der Waals surface area contributed by atoms with Crippen LogP contribution < -0.4 is 10.6 Å². The Balaban J connectivity index is 1.73. The fraction of sp³-hybridized carbons (Fsp3) is 0.0455. The van der Waals surface area contributed by atoms with Gasteiger partial charge in [-0.25, -0.2) is 9.37 Å². The first-order valence-corrected chi connectivity index (χ1v) is 9.08. The van der Waals surface area contributed by atoms with E-state index in [1.165, 1.54) is 37.4 Å². The Kier molecular flexibility index (Phi) is 5.13. The molecule has 2 heterocycles. The van der Waals surface area contributed by atoms with E-state index in [4.69, 9.17) is 0 Å². The predicted molar refractivity (Wildman–Crippen MR) is 111 cm³/mol. The molecular formula is C22H16FN5O2. The van der Waals surface area contributed by atoms with Crippen molar-refractivity contribution in [1.82, 2.24) is 20.5 Å². The minimum Gasteiger partial charge on any atom is -0.354 e. The first-order chi connectivity index (χ1) is 14.5. The second-order valence-corrected chi connectivity index (χ2v) is 6.42. The second-order valence-electron chi connectivity index (χ2n) is 6.42. The topological polar surface area (TPSA) is 96.9 Å². The zero-order valence-corrected chi connectivity index (χ0v) is 15.9. The van der Waals surface area contributed by atoms with E-state index in [9.17, 15) is 14.0 Å². The van der Waals surface area contributed by atoms with Gasteiger partial charge in [0.2, 0.25) is 0 Å². The maximum absolute atomic E-state index is 13.8. The van der Waals surface area contributed by atoms with Crippen molar-refractivity contribution >= 4 is 28.5 Å². The highest BCUT2D eigenvalue weighted by Crippen LogP contribution is 2.26. The number of hydrogen-bond acceptors (Lipinski definition) is 5. The Labute approximate surface area is 171 Å². The van der Waals surface area contributed by atoms with Crippen LogP contribution in [-0.2, 0) is 0 Å². The molecule has 2 N–H and O–H groups in total. The van der Waals surface area contributed by atoms with Crippen LogP contribution in [-0.4, -0.2) is 34.0 Å². The monoisotopic (exact) mass is 401 g/mol. The Bertz CT molecular complexity index is 1240. The molecule has 7 nitrogen and oxygen atoms in total. The van der Waals surface area contributed by atoms with Gasteiger partial charge in [0.05, 0.1) is 16.8 Å². The summed E-state index contributed by atoms with van der Waals surface area (Å²) in [5, 5.41) is 13.3. The predicted octanol–water partition coefficient (Wildman–Crippen LogP) is 3.44. The normalized spacial score (nSPS) is 10.6. The molecule has 0 fully saturated rings. The molecule has 4 rings (SSSR count). The molecule has 2 amide bonds. The second kappa shape index (κ2) is 8.04. The molecule has 0 aliphatic heterocycles. The highest BCUT2D eigenvalue weighted by molar-refractivity contribution is 6.12. The summed E-state index contributed by atoms with van der Waals surface area (Å²) in [6, 6.07) is 18.0. The van der Waals surface area contributed by atoms with Crippen molar-refractivity contribution in [3.8, 4) is 11.3 Å². The molecule has 0 aliphatic rings. The molecular weight excluding hydrogens is 385 g/mol. The number of pyridine rings is 1. The van der Waals surface area contributed by atoms with Gasteiger partial charge in [0.15, 0.2) is 11.5 Å². The number of rotatable bonds is 4. The molecule has 2 aromatic carbocycles. The Morgan fingerprint density at radius 2 is 1.70 bits per heavy atom. The number of fused-ring (bicyclic) bond motifs is 1. The van der Waals surface area contributed by atoms with Crippen LogP contribution in [0.2, 0.25) is 0 Å². The summed E-state index contributed by atoms with van der Waals surface area (Å²) in [6.07, 6.45) is 0. The van der Waals surface area contributed by atoms with Crippen molar-refractivity contribution in [3.05, 3.63) is 83.8 Å². The van der Waals surface area contributed by atoms with E-state index in [2.05, 4.69) is 25.8 Å². The molecule has 0 spiro atoms. The van der Waals surface area contributed by atoms with Crippen LogP contribution in [0.15, 0.2) is 66.7 Å². The number of halogens is 1. The lowest BCUT2D eigenvalue weighted by molar-refractivity contribution is 0.0956. The Morgan fingerprint density at radius 1 is 0.900 bits per heavy atom. The van der Waals surface area contributed by atoms with E-state index in [0.717, 1.165) is 5.56 Å². The number of nitrogens with zero attached hydrogens (tertiary/aromatic N) is 3. The number of carbonyl (C=O) groups excluding carboxylic acids is 2. The zero-order valence-electron chi connectivity index (χ0n) is 15.9. The van der Waals surface area contributed by atoms with Crippen LogP contribution in [0.25, 0.3) is 22.2 Å². The molecule has 4 aromatic rings. The Hall–Kier alpha value is -4.20. The summed E-state index contributed by atoms with van der Waals surface area (Å²) in [5.74, 6) is -1.09. The largest absolute Gasteiger partial charge is 0.354 e.